The third-order valence-corrected chi connectivity index (χ3v) is 2.92. The Morgan fingerprint density at radius 2 is 1.80 bits per heavy atom. The fraction of sp³-hybridized carbons (Fsp3) is 0.143. The van der Waals surface area contributed by atoms with Gasteiger partial charge in [-0.3, -0.25) is 0 Å². The molecule has 0 aliphatic heterocycles. The quantitative estimate of drug-likeness (QED) is 0.789. The zero-order valence-corrected chi connectivity index (χ0v) is 8.49. The molecular weight excluding hydrogens is 257 g/mol. The van der Waals surface area contributed by atoms with E-state index >= 15 is 0 Å². The minimum Gasteiger partial charge on any atom is -0.507 e. The molecule has 0 unspecified atom stereocenters. The van der Waals surface area contributed by atoms with Crippen LogP contribution in [0.1, 0.15) is 5.56 Å². The second-order valence-electron chi connectivity index (χ2n) is 2.62. The van der Waals surface area contributed by atoms with Gasteiger partial charge >= 0.3 is 6.18 Å². The van der Waals surface area contributed by atoms with Gasteiger partial charge in [0.1, 0.15) is 10.6 Å². The molecule has 0 saturated heterocycles. The monoisotopic (exact) mass is 260 g/mol. The zero-order valence-electron chi connectivity index (χ0n) is 6.92. The van der Waals surface area contributed by atoms with E-state index in [1.54, 1.807) is 0 Å². The van der Waals surface area contributed by atoms with Crippen molar-refractivity contribution in [3.05, 3.63) is 23.8 Å². The molecule has 0 spiro atoms. The molecule has 0 aliphatic rings. The van der Waals surface area contributed by atoms with Gasteiger partial charge in [0.25, 0.3) is 9.05 Å². The SMILES string of the molecule is O=S(=O)(Cl)c1ccc(C(F)(F)F)cc1O. The number of alkyl halides is 3. The van der Waals surface area contributed by atoms with E-state index in [4.69, 9.17) is 15.8 Å². The van der Waals surface area contributed by atoms with Crippen molar-refractivity contribution in [1.29, 1.82) is 0 Å². The molecule has 0 atom stereocenters. The summed E-state index contributed by atoms with van der Waals surface area (Å²) in [7, 11) is 0.621. The lowest BCUT2D eigenvalue weighted by Crippen LogP contribution is -2.05. The number of benzene rings is 1. The van der Waals surface area contributed by atoms with E-state index in [-0.39, 0.29) is 0 Å². The van der Waals surface area contributed by atoms with E-state index in [1.807, 2.05) is 0 Å². The number of halogens is 4. The van der Waals surface area contributed by atoms with Gasteiger partial charge in [0, 0.05) is 10.7 Å². The minimum atomic E-state index is -4.65. The second kappa shape index (κ2) is 3.57. The summed E-state index contributed by atoms with van der Waals surface area (Å²) in [5.74, 6) is -1.03. The molecule has 0 aromatic heterocycles. The van der Waals surface area contributed by atoms with Crippen molar-refractivity contribution in [2.45, 2.75) is 11.1 Å². The standard InChI is InChI=1S/C7H4ClF3O3S/c8-15(13,14)6-2-1-4(3-5(6)12)7(9,10)11/h1-3,12H. The summed E-state index contributed by atoms with van der Waals surface area (Å²) >= 11 is 0. The molecular formula is C7H4ClF3O3S. The molecule has 0 saturated carbocycles. The number of phenolic OH excluding ortho intramolecular Hbond substituents is 1. The van der Waals surface area contributed by atoms with Gasteiger partial charge in [0.15, 0.2) is 0 Å². The second-order valence-corrected chi connectivity index (χ2v) is 5.15. The summed E-state index contributed by atoms with van der Waals surface area (Å²) in [5, 5.41) is 9.03. The van der Waals surface area contributed by atoms with Crippen molar-refractivity contribution < 1.29 is 26.7 Å². The van der Waals surface area contributed by atoms with Crippen LogP contribution < -0.4 is 0 Å². The average molecular weight is 261 g/mol. The Balaban J connectivity index is 3.34. The van der Waals surface area contributed by atoms with Gasteiger partial charge in [-0.2, -0.15) is 13.2 Å². The molecule has 1 aromatic carbocycles. The molecule has 0 bridgehead atoms. The first-order valence-corrected chi connectivity index (χ1v) is 5.78. The van der Waals surface area contributed by atoms with Crippen LogP contribution in [0.2, 0.25) is 0 Å². The molecule has 0 heterocycles. The lowest BCUT2D eigenvalue weighted by molar-refractivity contribution is -0.137. The van der Waals surface area contributed by atoms with E-state index in [0.717, 1.165) is 0 Å². The highest BCUT2D eigenvalue weighted by Crippen LogP contribution is 2.34. The maximum atomic E-state index is 12.1. The highest BCUT2D eigenvalue weighted by Gasteiger charge is 2.32. The first-order chi connectivity index (χ1) is 6.62. The van der Waals surface area contributed by atoms with Gasteiger partial charge in [-0.15, -0.1) is 0 Å². The highest BCUT2D eigenvalue weighted by atomic mass is 35.7. The normalized spacial score (nSPS) is 12.8. The Morgan fingerprint density at radius 3 is 2.13 bits per heavy atom. The van der Waals surface area contributed by atoms with Gasteiger partial charge in [0.2, 0.25) is 0 Å². The third-order valence-electron chi connectivity index (χ3n) is 1.55. The number of phenols is 1. The van der Waals surface area contributed by atoms with Gasteiger partial charge in [-0.25, -0.2) is 8.42 Å². The molecule has 0 aliphatic carbocycles. The summed E-state index contributed by atoms with van der Waals surface area (Å²) in [5.41, 5.74) is -1.15. The van der Waals surface area contributed by atoms with Crippen LogP contribution in [0.15, 0.2) is 23.1 Å². The summed E-state index contributed by atoms with van der Waals surface area (Å²) in [6.07, 6.45) is -4.65. The Bertz CT molecular complexity index is 481. The minimum absolute atomic E-state index is 0.301. The van der Waals surface area contributed by atoms with Gasteiger partial charge < -0.3 is 5.11 Å². The van der Waals surface area contributed by atoms with Crippen LogP contribution in [0.3, 0.4) is 0 Å². The molecule has 8 heteroatoms. The lowest BCUT2D eigenvalue weighted by Gasteiger charge is -2.08. The van der Waals surface area contributed by atoms with Crippen LogP contribution in [-0.4, -0.2) is 13.5 Å². The smallest absolute Gasteiger partial charge is 0.416 e. The fourth-order valence-corrected chi connectivity index (χ4v) is 1.83. The van der Waals surface area contributed by atoms with Crippen LogP contribution in [-0.2, 0) is 15.2 Å². The molecule has 84 valence electrons. The van der Waals surface area contributed by atoms with Gasteiger partial charge in [0.05, 0.1) is 5.56 Å². The summed E-state index contributed by atoms with van der Waals surface area (Å²) < 4.78 is 57.8. The van der Waals surface area contributed by atoms with E-state index in [2.05, 4.69) is 0 Å². The van der Waals surface area contributed by atoms with E-state index < -0.39 is 31.4 Å². The molecule has 1 rings (SSSR count). The first-order valence-electron chi connectivity index (χ1n) is 3.47. The van der Waals surface area contributed by atoms with E-state index in [1.165, 1.54) is 0 Å². The number of hydrogen-bond donors (Lipinski definition) is 1. The topological polar surface area (TPSA) is 54.4 Å². The molecule has 1 N–H and O–H groups in total. The van der Waals surface area contributed by atoms with Crippen LogP contribution >= 0.6 is 10.7 Å². The summed E-state index contributed by atoms with van der Waals surface area (Å²) in [6.45, 7) is 0. The van der Waals surface area contributed by atoms with Crippen LogP contribution in [0.4, 0.5) is 13.2 Å². The van der Waals surface area contributed by atoms with Crippen molar-refractivity contribution in [3.8, 4) is 5.75 Å². The van der Waals surface area contributed by atoms with Crippen molar-refractivity contribution >= 4 is 19.7 Å². The largest absolute Gasteiger partial charge is 0.507 e. The molecule has 3 nitrogen and oxygen atoms in total. The predicted octanol–water partition coefficient (Wildman–Crippen LogP) is 2.34. The fourth-order valence-electron chi connectivity index (χ4n) is 0.900. The van der Waals surface area contributed by atoms with E-state index in [0.29, 0.717) is 18.2 Å². The Labute approximate surface area is 87.5 Å². The van der Waals surface area contributed by atoms with Crippen molar-refractivity contribution in [3.63, 3.8) is 0 Å². The Morgan fingerprint density at radius 1 is 1.27 bits per heavy atom. The molecule has 0 radical (unpaired) electrons. The maximum absolute atomic E-state index is 12.1. The Kier molecular flexibility index (Phi) is 2.88. The Hall–Kier alpha value is -0.950. The summed E-state index contributed by atoms with van der Waals surface area (Å²) in [6, 6.07) is 1.42. The first kappa shape index (κ1) is 12.1. The predicted molar refractivity (Wildman–Crippen MR) is 46.1 cm³/mol. The number of rotatable bonds is 1. The maximum Gasteiger partial charge on any atom is 0.416 e. The highest BCUT2D eigenvalue weighted by molar-refractivity contribution is 8.13. The molecule has 1 aromatic rings. The van der Waals surface area contributed by atoms with E-state index in [9.17, 15) is 21.6 Å². The van der Waals surface area contributed by atoms with Crippen molar-refractivity contribution in [1.82, 2.24) is 0 Å². The average Bonchev–Trinajstić information content (AvgIpc) is 1.99. The van der Waals surface area contributed by atoms with Crippen molar-refractivity contribution in [2.24, 2.45) is 0 Å². The number of aromatic hydroxyl groups is 1. The van der Waals surface area contributed by atoms with Gasteiger partial charge in [-0.1, -0.05) is 0 Å². The van der Waals surface area contributed by atoms with Crippen LogP contribution in [0, 0.1) is 0 Å². The van der Waals surface area contributed by atoms with Crippen molar-refractivity contribution in [2.75, 3.05) is 0 Å². The third kappa shape index (κ3) is 2.75. The molecule has 0 amide bonds. The lowest BCUT2D eigenvalue weighted by atomic mass is 10.2. The molecule has 15 heavy (non-hydrogen) atoms. The van der Waals surface area contributed by atoms with Gasteiger partial charge in [-0.05, 0) is 18.2 Å². The zero-order chi connectivity index (χ0) is 11.9. The molecule has 0 fully saturated rings. The van der Waals surface area contributed by atoms with Crippen LogP contribution in [0.25, 0.3) is 0 Å². The summed E-state index contributed by atoms with van der Waals surface area (Å²) in [4.78, 5) is -0.753. The van der Waals surface area contributed by atoms with Crippen LogP contribution in [0.5, 0.6) is 5.75 Å². The number of hydrogen-bond acceptors (Lipinski definition) is 3.